The molecule has 0 unspecified atom stereocenters. The molecule has 0 spiro atoms. The molecule has 1 aliphatic heterocycles. The molecule has 0 aliphatic carbocycles. The van der Waals surface area contributed by atoms with E-state index in [1.165, 1.54) is 11.1 Å². The molecule has 39 heavy (non-hydrogen) atoms. The summed E-state index contributed by atoms with van der Waals surface area (Å²) in [5.41, 5.74) is 4.58. The Balaban J connectivity index is 1.19. The Morgan fingerprint density at radius 2 is 1.08 bits per heavy atom. The second-order valence-electron chi connectivity index (χ2n) is 10.0. The van der Waals surface area contributed by atoms with Crippen LogP contribution in [0.3, 0.4) is 0 Å². The fourth-order valence-electron chi connectivity index (χ4n) is 5.31. The average Bonchev–Trinajstić information content (AvgIpc) is 2.97. The maximum Gasteiger partial charge on any atom is 0.108 e. The Hall–Kier alpha value is -2.70. The first-order valence-electron chi connectivity index (χ1n) is 13.4. The third kappa shape index (κ3) is 7.49. The molecule has 1 aliphatic rings. The van der Waals surface area contributed by atoms with Crippen LogP contribution in [-0.2, 0) is 4.74 Å². The van der Waals surface area contributed by atoms with Crippen molar-refractivity contribution in [3.05, 3.63) is 141 Å². The van der Waals surface area contributed by atoms with Crippen LogP contribution >= 0.6 is 23.2 Å². The lowest BCUT2D eigenvalue weighted by atomic mass is 9.96. The highest BCUT2D eigenvalue weighted by Gasteiger charge is 2.27. The quantitative estimate of drug-likeness (QED) is 0.229. The summed E-state index contributed by atoms with van der Waals surface area (Å²) in [6.45, 7) is 4.45. The molecule has 4 aromatic rings. The van der Waals surface area contributed by atoms with E-state index in [1.54, 1.807) is 0 Å². The number of rotatable bonds is 10. The second kappa shape index (κ2) is 13.6. The molecule has 0 radical (unpaired) electrons. The molecule has 4 aromatic carbocycles. The Morgan fingerprint density at radius 3 is 1.54 bits per heavy atom. The highest BCUT2D eigenvalue weighted by atomic mass is 35.5. The zero-order valence-electron chi connectivity index (χ0n) is 21.9. The summed E-state index contributed by atoms with van der Waals surface area (Å²) < 4.78 is 6.30. The van der Waals surface area contributed by atoms with Gasteiger partial charge in [0.25, 0.3) is 0 Å². The summed E-state index contributed by atoms with van der Waals surface area (Å²) in [6, 6.07) is 36.9. The Labute approximate surface area is 241 Å². The van der Waals surface area contributed by atoms with Crippen molar-refractivity contribution in [3.63, 3.8) is 0 Å². The SMILES string of the molecule is O[C@@H](COC(c1ccc(Cl)cc1)c1ccc(Cl)cc1)CN1CCN(C(c2ccccc2)c2ccccc2)CC1. The summed E-state index contributed by atoms with van der Waals surface area (Å²) >= 11 is 12.2. The van der Waals surface area contributed by atoms with Crippen molar-refractivity contribution in [2.75, 3.05) is 39.3 Å². The number of hydrogen-bond donors (Lipinski definition) is 1. The predicted molar refractivity (Wildman–Crippen MR) is 159 cm³/mol. The van der Waals surface area contributed by atoms with Crippen LogP contribution in [0.2, 0.25) is 10.0 Å². The van der Waals surface area contributed by atoms with Crippen molar-refractivity contribution in [1.29, 1.82) is 0 Å². The molecular weight excluding hydrogens is 527 g/mol. The van der Waals surface area contributed by atoms with Crippen molar-refractivity contribution in [2.24, 2.45) is 0 Å². The van der Waals surface area contributed by atoms with Crippen molar-refractivity contribution in [3.8, 4) is 0 Å². The Morgan fingerprint density at radius 1 is 0.615 bits per heavy atom. The van der Waals surface area contributed by atoms with Gasteiger partial charge in [-0.1, -0.05) is 108 Å². The van der Waals surface area contributed by atoms with Crippen LogP contribution in [-0.4, -0.2) is 60.3 Å². The van der Waals surface area contributed by atoms with Gasteiger partial charge < -0.3 is 9.84 Å². The van der Waals surface area contributed by atoms with E-state index >= 15 is 0 Å². The molecule has 1 atom stereocenters. The van der Waals surface area contributed by atoms with Crippen LogP contribution in [0.4, 0.5) is 0 Å². The lowest BCUT2D eigenvalue weighted by Gasteiger charge is -2.40. The summed E-state index contributed by atoms with van der Waals surface area (Å²) in [5.74, 6) is 0. The highest BCUT2D eigenvalue weighted by molar-refractivity contribution is 6.30. The number of nitrogens with zero attached hydrogens (tertiary/aromatic N) is 2. The van der Waals surface area contributed by atoms with Gasteiger partial charge >= 0.3 is 0 Å². The monoisotopic (exact) mass is 560 g/mol. The summed E-state index contributed by atoms with van der Waals surface area (Å²) in [7, 11) is 0. The minimum absolute atomic E-state index is 0.224. The number of β-amino-alcohol motifs (C(OH)–C–C–N with tert-alkyl or cyclic N) is 1. The topological polar surface area (TPSA) is 35.9 Å². The van der Waals surface area contributed by atoms with E-state index in [-0.39, 0.29) is 18.8 Å². The molecule has 5 rings (SSSR count). The van der Waals surface area contributed by atoms with Gasteiger partial charge in [0, 0.05) is 42.8 Å². The first kappa shape index (κ1) is 27.9. The van der Waals surface area contributed by atoms with E-state index in [2.05, 4.69) is 70.5 Å². The number of piperazine rings is 1. The summed E-state index contributed by atoms with van der Waals surface area (Å²) in [5, 5.41) is 12.3. The molecular formula is C33H34Cl2N2O2. The first-order valence-corrected chi connectivity index (χ1v) is 14.2. The number of benzene rings is 4. The molecule has 1 fully saturated rings. The number of aliphatic hydroxyl groups is 1. The van der Waals surface area contributed by atoms with Gasteiger partial charge in [-0.25, -0.2) is 0 Å². The lowest BCUT2D eigenvalue weighted by Crippen LogP contribution is -2.50. The smallest absolute Gasteiger partial charge is 0.108 e. The lowest BCUT2D eigenvalue weighted by molar-refractivity contribution is -0.0159. The van der Waals surface area contributed by atoms with E-state index in [0.29, 0.717) is 16.6 Å². The minimum Gasteiger partial charge on any atom is -0.389 e. The van der Waals surface area contributed by atoms with Gasteiger partial charge in [-0.15, -0.1) is 0 Å². The average molecular weight is 562 g/mol. The number of halogens is 2. The van der Waals surface area contributed by atoms with E-state index in [1.807, 2.05) is 48.5 Å². The maximum absolute atomic E-state index is 10.9. The van der Waals surface area contributed by atoms with Crippen molar-refractivity contribution in [1.82, 2.24) is 9.80 Å². The molecule has 1 heterocycles. The molecule has 202 valence electrons. The zero-order valence-corrected chi connectivity index (χ0v) is 23.4. The number of aliphatic hydroxyl groups excluding tert-OH is 1. The van der Waals surface area contributed by atoms with Crippen LogP contribution in [0, 0.1) is 0 Å². The number of hydrogen-bond acceptors (Lipinski definition) is 4. The van der Waals surface area contributed by atoms with E-state index in [4.69, 9.17) is 27.9 Å². The standard InChI is InChI=1S/C33H34Cl2N2O2/c34-29-15-11-27(12-16-29)33(28-13-17-30(35)18-14-28)39-24-31(38)23-36-19-21-37(22-20-36)32(25-7-3-1-4-8-25)26-9-5-2-6-10-26/h1-18,31-33,38H,19-24H2/t31-/m1/s1. The molecule has 0 amide bonds. The molecule has 0 bridgehead atoms. The number of ether oxygens (including phenoxy) is 1. The Bertz CT molecular complexity index is 1190. The van der Waals surface area contributed by atoms with Crippen LogP contribution in [0.5, 0.6) is 0 Å². The molecule has 1 saturated heterocycles. The van der Waals surface area contributed by atoms with Crippen LogP contribution in [0.1, 0.15) is 34.4 Å². The van der Waals surface area contributed by atoms with Crippen molar-refractivity contribution in [2.45, 2.75) is 18.2 Å². The van der Waals surface area contributed by atoms with E-state index < -0.39 is 6.10 Å². The molecule has 6 heteroatoms. The zero-order chi connectivity index (χ0) is 27.0. The predicted octanol–water partition coefficient (Wildman–Crippen LogP) is 6.87. The third-order valence-corrected chi connectivity index (χ3v) is 7.78. The Kier molecular flexibility index (Phi) is 9.70. The fraction of sp³-hybridized carbons (Fsp3) is 0.273. The molecule has 4 nitrogen and oxygen atoms in total. The molecule has 0 saturated carbocycles. The van der Waals surface area contributed by atoms with Crippen LogP contribution < -0.4 is 0 Å². The van der Waals surface area contributed by atoms with Crippen LogP contribution in [0.15, 0.2) is 109 Å². The minimum atomic E-state index is -0.599. The normalized spacial score (nSPS) is 15.6. The van der Waals surface area contributed by atoms with Crippen LogP contribution in [0.25, 0.3) is 0 Å². The third-order valence-electron chi connectivity index (χ3n) is 7.27. The maximum atomic E-state index is 10.9. The second-order valence-corrected chi connectivity index (χ2v) is 10.9. The molecule has 0 aromatic heterocycles. The van der Waals surface area contributed by atoms with Gasteiger partial charge in [0.05, 0.1) is 18.8 Å². The van der Waals surface area contributed by atoms with Crippen molar-refractivity contribution < 1.29 is 9.84 Å². The van der Waals surface area contributed by atoms with Gasteiger partial charge in [0.2, 0.25) is 0 Å². The summed E-state index contributed by atoms with van der Waals surface area (Å²) in [6.07, 6.45) is -0.916. The highest BCUT2D eigenvalue weighted by Crippen LogP contribution is 2.30. The van der Waals surface area contributed by atoms with Crippen molar-refractivity contribution >= 4 is 23.2 Å². The summed E-state index contributed by atoms with van der Waals surface area (Å²) in [4.78, 5) is 4.87. The van der Waals surface area contributed by atoms with Gasteiger partial charge in [0.15, 0.2) is 0 Å². The largest absolute Gasteiger partial charge is 0.389 e. The van der Waals surface area contributed by atoms with E-state index in [0.717, 1.165) is 37.3 Å². The fourth-order valence-corrected chi connectivity index (χ4v) is 5.56. The van der Waals surface area contributed by atoms with Gasteiger partial charge in [0.1, 0.15) is 6.10 Å². The molecule has 1 N–H and O–H groups in total. The van der Waals surface area contributed by atoms with Gasteiger partial charge in [-0.3, -0.25) is 9.80 Å². The van der Waals surface area contributed by atoms with Gasteiger partial charge in [-0.2, -0.15) is 0 Å². The first-order chi connectivity index (χ1) is 19.1. The van der Waals surface area contributed by atoms with Gasteiger partial charge in [-0.05, 0) is 46.5 Å². The van der Waals surface area contributed by atoms with E-state index in [9.17, 15) is 5.11 Å².